The molecule has 15 atom stereocenters. The van der Waals surface area contributed by atoms with Crippen LogP contribution in [-0.4, -0.2) is 71.1 Å². The summed E-state index contributed by atoms with van der Waals surface area (Å²) in [5.74, 6) is -2.20. The maximum absolute atomic E-state index is 15.7. The number of nitrogens with two attached hydrogens (primary N) is 1. The molecule has 1 heterocycles. The van der Waals surface area contributed by atoms with Crippen LogP contribution >= 0.6 is 0 Å². The molecule has 1 aromatic heterocycles. The van der Waals surface area contributed by atoms with E-state index in [1.165, 1.54) is 86.2 Å². The Morgan fingerprint density at radius 2 is 1.52 bits per heavy atom. The number of benzene rings is 5. The third-order valence-electron chi connectivity index (χ3n) is 28.7. The number of aromatic hydroxyl groups is 6. The summed E-state index contributed by atoms with van der Waals surface area (Å²) in [7, 11) is 0. The first-order chi connectivity index (χ1) is 45.9. The molecule has 6 aromatic rings. The number of hydrogen-bond donors (Lipinski definition) is 10. The number of aliphatic hydroxyl groups excluding tert-OH is 2. The third kappa shape index (κ3) is 9.53. The smallest absolute Gasteiger partial charge is 0.200 e. The molecule has 13 heteroatoms. The summed E-state index contributed by atoms with van der Waals surface area (Å²) in [6, 6.07) is 30.6. The Bertz CT molecular complexity index is 3920. The first-order valence-electron chi connectivity index (χ1n) is 36.7. The van der Waals surface area contributed by atoms with Crippen LogP contribution in [0, 0.1) is 69.0 Å². The molecule has 8 saturated carbocycles. The van der Waals surface area contributed by atoms with Crippen molar-refractivity contribution in [2.75, 3.05) is 13.3 Å². The van der Waals surface area contributed by atoms with Gasteiger partial charge in [-0.15, -0.1) is 0 Å². The molecule has 0 aliphatic heterocycles. The fourth-order valence-corrected chi connectivity index (χ4v) is 25.5. The molecule has 0 radical (unpaired) electrons. The van der Waals surface area contributed by atoms with Gasteiger partial charge in [-0.05, 0) is 267 Å². The van der Waals surface area contributed by atoms with Crippen molar-refractivity contribution < 1.29 is 55.1 Å². The maximum atomic E-state index is 15.7. The lowest BCUT2D eigenvalue weighted by atomic mass is 9.47. The summed E-state index contributed by atoms with van der Waals surface area (Å²) in [5.41, 5.74) is 13.6. The molecule has 11 N–H and O–H groups in total. The zero-order chi connectivity index (χ0) is 65.6. The highest BCUT2D eigenvalue weighted by atomic mass is 16.5. The van der Waals surface area contributed by atoms with E-state index in [9.17, 15) is 40.9 Å². The van der Waals surface area contributed by atoms with Crippen LogP contribution in [0.2, 0.25) is 0 Å². The molecule has 13 nitrogen and oxygen atoms in total. The van der Waals surface area contributed by atoms with Gasteiger partial charge < -0.3 is 55.3 Å². The van der Waals surface area contributed by atoms with Crippen molar-refractivity contribution in [1.82, 2.24) is 4.98 Å². The van der Waals surface area contributed by atoms with Crippen LogP contribution < -0.4 is 15.2 Å². The number of phenols is 6. The van der Waals surface area contributed by atoms with Crippen molar-refractivity contribution in [1.29, 1.82) is 0 Å². The Balaban J connectivity index is 0.897. The number of fused-ring (bicyclic) bond motifs is 10. The number of carbonyl (C=O) groups is 1. The van der Waals surface area contributed by atoms with E-state index in [0.717, 1.165) is 80.0 Å². The number of Topliss-reactive ketones (excluding diaryl/α,β-unsaturated/α-hetero) is 1. The van der Waals surface area contributed by atoms with E-state index in [1.807, 2.05) is 24.3 Å². The molecule has 5 aromatic carbocycles. The molecular weight excluding hydrogens is 1190 g/mol. The van der Waals surface area contributed by atoms with Crippen LogP contribution in [0.5, 0.6) is 46.0 Å². The molecule has 8 fully saturated rings. The number of ketones is 1. The van der Waals surface area contributed by atoms with E-state index < -0.39 is 34.9 Å². The second-order valence-corrected chi connectivity index (χ2v) is 32.9. The first-order valence-corrected chi connectivity index (χ1v) is 36.7. The lowest BCUT2D eigenvalue weighted by Gasteiger charge is -2.57. The molecule has 15 unspecified atom stereocenters. The summed E-state index contributed by atoms with van der Waals surface area (Å²) >= 11 is 0. The molecule has 4 spiro atoms. The number of ether oxygens (including phenoxy) is 2. The lowest BCUT2D eigenvalue weighted by Crippen LogP contribution is -2.53. The predicted octanol–water partition coefficient (Wildman–Crippen LogP) is 16.1. The fourth-order valence-electron chi connectivity index (χ4n) is 25.5. The molecule has 0 saturated heterocycles. The molecule has 2 bridgehead atoms. The SMILES string of the molecule is CC(C)CCC1CCCC1(Oc1c(O)c(O)cc2c1C1CC3C(Cc4ccc(O)cc4O)CC(C(=O)CCc4ccc(O)c(OCN)c4)C(O)C3C2C(C23CCC4(CCC5(C4)CC4(CCCC4)C4(CCCC4)C5CO)C2c2cc[nH]c2-c2ccccc23)C1)c1cccc(O)c1. The van der Waals surface area contributed by atoms with Gasteiger partial charge >= 0.3 is 0 Å². The molecule has 0 amide bonds. The van der Waals surface area contributed by atoms with Crippen LogP contribution in [0.4, 0.5) is 0 Å². The summed E-state index contributed by atoms with van der Waals surface area (Å²) in [6.07, 6.45) is 24.1. The minimum Gasteiger partial charge on any atom is -0.508 e. The summed E-state index contributed by atoms with van der Waals surface area (Å²) in [5, 5.41) is 96.8. The Labute approximate surface area is 559 Å². The zero-order valence-corrected chi connectivity index (χ0v) is 55.7. The Kier molecular flexibility index (Phi) is 15.6. The van der Waals surface area contributed by atoms with Crippen LogP contribution in [0.25, 0.3) is 11.3 Å². The van der Waals surface area contributed by atoms with E-state index in [2.05, 4.69) is 55.4 Å². The average Bonchev–Trinajstić information content (AvgIpc) is 1.49. The van der Waals surface area contributed by atoms with Gasteiger partial charge in [0.1, 0.15) is 35.4 Å². The van der Waals surface area contributed by atoms with Crippen molar-refractivity contribution in [3.05, 3.63) is 142 Å². The van der Waals surface area contributed by atoms with Gasteiger partial charge in [0.05, 0.1) is 6.10 Å². The number of H-pyrrole nitrogens is 1. The number of aryl methyl sites for hydroxylation is 1. The number of rotatable bonds is 16. The van der Waals surface area contributed by atoms with Crippen LogP contribution in [-0.2, 0) is 28.7 Å². The summed E-state index contributed by atoms with van der Waals surface area (Å²) < 4.78 is 13.5. The number of nitrogens with one attached hydrogen (secondary N) is 1. The second kappa shape index (κ2) is 23.5. The van der Waals surface area contributed by atoms with Crippen molar-refractivity contribution in [3.8, 4) is 57.3 Å². The van der Waals surface area contributed by atoms with E-state index in [0.29, 0.717) is 50.0 Å². The standard InChI is InChI=1S/C82H100N2O11/c1-47(2)16-20-52-12-10-29-82(52,53-11-9-13-54(86)40-53)95-75-69-51-38-58-50(36-49-19-21-55(87)41-65(49)90)37-59(63(88)22-17-48-18-23-64(89)67(35-48)94-46-83)73(92)71(58)70(60(69)42-66(91)74(75)93)62(39-51)81-33-32-77(76(81)57-24-34-84-72(57)56-14-3-4-15-61(56)81)30-31-78(44-77)45-79(25-5-6-26-79)80(68(78)43-85)27-7-8-28-80/h3-4,9,11,13-15,18-19,21,23-24,34-35,40-42,47,50-52,58-59,62,68,70-71,73,76,84-87,89-93H,5-8,10,12,16-17,20,22,25-33,36-39,43-46,83H2,1-2H3. The molecule has 11 aliphatic rings. The number of phenolic OH excluding ortho intramolecular Hbond substituents is 6. The van der Waals surface area contributed by atoms with Crippen LogP contribution in [0.1, 0.15) is 218 Å². The highest BCUT2D eigenvalue weighted by Gasteiger charge is 2.76. The van der Waals surface area contributed by atoms with Gasteiger partial charge in [-0.25, -0.2) is 0 Å². The van der Waals surface area contributed by atoms with Crippen LogP contribution in [0.3, 0.4) is 0 Å². The molecule has 17 rings (SSSR count). The van der Waals surface area contributed by atoms with Gasteiger partial charge in [0.2, 0.25) is 5.75 Å². The van der Waals surface area contributed by atoms with Gasteiger partial charge in [-0.2, -0.15) is 0 Å². The molecule has 11 aliphatic carbocycles. The fraction of sp³-hybridized carbons (Fsp3) is 0.573. The minimum atomic E-state index is -1.14. The predicted molar refractivity (Wildman–Crippen MR) is 365 cm³/mol. The Morgan fingerprint density at radius 1 is 0.737 bits per heavy atom. The van der Waals surface area contributed by atoms with E-state index in [1.54, 1.807) is 36.4 Å². The van der Waals surface area contributed by atoms with Crippen molar-refractivity contribution in [3.63, 3.8) is 0 Å². The second-order valence-electron chi connectivity index (χ2n) is 32.9. The summed E-state index contributed by atoms with van der Waals surface area (Å²) in [6.45, 7) is 4.59. The van der Waals surface area contributed by atoms with Crippen molar-refractivity contribution in [2.24, 2.45) is 74.7 Å². The van der Waals surface area contributed by atoms with Gasteiger partial charge in [0.15, 0.2) is 23.0 Å². The number of aromatic amines is 1. The zero-order valence-electron chi connectivity index (χ0n) is 55.7. The van der Waals surface area contributed by atoms with Gasteiger partial charge in [0, 0.05) is 65.3 Å². The van der Waals surface area contributed by atoms with E-state index in [-0.39, 0.29) is 135 Å². The number of aromatic nitrogens is 1. The largest absolute Gasteiger partial charge is 0.508 e. The average molecular weight is 1290 g/mol. The summed E-state index contributed by atoms with van der Waals surface area (Å²) in [4.78, 5) is 19.6. The Morgan fingerprint density at radius 3 is 2.29 bits per heavy atom. The molecule has 504 valence electrons. The maximum Gasteiger partial charge on any atom is 0.200 e. The van der Waals surface area contributed by atoms with Crippen molar-refractivity contribution in [2.45, 2.75) is 209 Å². The highest BCUT2D eigenvalue weighted by molar-refractivity contribution is 5.82. The number of carbonyl (C=O) groups excluding carboxylic acids is 1. The van der Waals surface area contributed by atoms with E-state index >= 15 is 4.79 Å². The number of hydrogen-bond acceptors (Lipinski definition) is 12. The minimum absolute atomic E-state index is 0.000718. The van der Waals surface area contributed by atoms with Gasteiger partial charge in [0.25, 0.3) is 0 Å². The van der Waals surface area contributed by atoms with Crippen LogP contribution in [0.15, 0.2) is 103 Å². The first kappa shape index (κ1) is 63.1. The van der Waals surface area contributed by atoms with E-state index in [4.69, 9.17) is 15.2 Å². The molecular formula is C82H100N2O11. The van der Waals surface area contributed by atoms with Gasteiger partial charge in [-0.1, -0.05) is 94.5 Å². The third-order valence-corrected chi connectivity index (χ3v) is 28.7. The van der Waals surface area contributed by atoms with Crippen molar-refractivity contribution >= 4 is 5.78 Å². The normalized spacial score (nSPS) is 34.2. The quantitative estimate of drug-likeness (QED) is 0.0322. The van der Waals surface area contributed by atoms with Gasteiger partial charge in [-0.3, -0.25) is 10.5 Å². The number of aliphatic hydroxyl groups is 2. The molecule has 95 heavy (non-hydrogen) atoms. The monoisotopic (exact) mass is 1290 g/mol. The Hall–Kier alpha value is -6.67. The lowest BCUT2D eigenvalue weighted by molar-refractivity contribution is -0.136. The highest BCUT2D eigenvalue weighted by Crippen LogP contribution is 2.84. The topological polar surface area (TPSA) is 239 Å².